The third-order valence-corrected chi connectivity index (χ3v) is 3.41. The first-order valence-electron chi connectivity index (χ1n) is 6.08. The average Bonchev–Trinajstić information content (AvgIpc) is 2.93. The molecule has 110 valence electrons. The van der Waals surface area contributed by atoms with Gasteiger partial charge in [-0.15, -0.1) is 0 Å². The zero-order chi connectivity index (χ0) is 14.4. The Morgan fingerprint density at radius 1 is 1.40 bits per heavy atom. The van der Waals surface area contributed by atoms with E-state index in [0.717, 1.165) is 0 Å². The molecule has 2 aliphatic heterocycles. The van der Waals surface area contributed by atoms with Crippen molar-refractivity contribution in [2.45, 2.75) is 30.7 Å². The molecule has 10 nitrogen and oxygen atoms in total. The molecule has 1 unspecified atom stereocenters. The number of guanidine groups is 1. The van der Waals surface area contributed by atoms with Crippen molar-refractivity contribution in [2.75, 3.05) is 6.61 Å². The highest BCUT2D eigenvalue weighted by atomic mass is 16.6. The van der Waals surface area contributed by atoms with Crippen LogP contribution in [0, 0.1) is 0 Å². The lowest BCUT2D eigenvalue weighted by Crippen LogP contribution is -2.41. The normalized spacial score (nSPS) is 36.4. The van der Waals surface area contributed by atoms with Crippen molar-refractivity contribution >= 4 is 11.8 Å². The van der Waals surface area contributed by atoms with Gasteiger partial charge in [0.25, 0.3) is 0 Å². The number of nitrogens with zero attached hydrogens (tertiary/aromatic N) is 3. The van der Waals surface area contributed by atoms with Gasteiger partial charge in [-0.05, 0) is 0 Å². The number of ether oxygens (including phenoxy) is 1. The molecule has 0 aromatic carbocycles. The minimum atomic E-state index is -1.21. The molecule has 10 heteroatoms. The van der Waals surface area contributed by atoms with E-state index in [9.17, 15) is 10.2 Å². The predicted molar refractivity (Wildman–Crippen MR) is 66.6 cm³/mol. The fraction of sp³-hybridized carbons (Fsp3) is 0.600. The number of nitrogens with two attached hydrogens (primary N) is 2. The van der Waals surface area contributed by atoms with Crippen molar-refractivity contribution in [1.29, 1.82) is 0 Å². The van der Waals surface area contributed by atoms with E-state index in [4.69, 9.17) is 21.3 Å². The molecule has 5 atom stereocenters. The monoisotopic (exact) mass is 284 g/mol. The number of aromatic nitrogens is 2. The SMILES string of the molecule is NC1=Nc2c(ncn2[C@@H]2O[C@H](CO)[C@H](O)[C@@H]2O)C(N)N1. The van der Waals surface area contributed by atoms with Gasteiger partial charge >= 0.3 is 0 Å². The lowest BCUT2D eigenvalue weighted by Gasteiger charge is -2.22. The minimum Gasteiger partial charge on any atom is -0.394 e. The third-order valence-electron chi connectivity index (χ3n) is 3.41. The van der Waals surface area contributed by atoms with Gasteiger partial charge in [-0.25, -0.2) is 4.98 Å². The highest BCUT2D eigenvalue weighted by Gasteiger charge is 2.44. The van der Waals surface area contributed by atoms with Crippen LogP contribution in [-0.2, 0) is 4.74 Å². The Kier molecular flexibility index (Phi) is 3.11. The first kappa shape index (κ1) is 13.3. The van der Waals surface area contributed by atoms with Crippen LogP contribution < -0.4 is 16.8 Å². The molecule has 0 radical (unpaired) electrons. The number of imidazole rings is 1. The molecular formula is C10H16N6O4. The van der Waals surface area contributed by atoms with Gasteiger partial charge in [0.15, 0.2) is 18.0 Å². The molecule has 0 aliphatic carbocycles. The number of aliphatic hydroxyl groups is 3. The van der Waals surface area contributed by atoms with Crippen LogP contribution >= 0.6 is 0 Å². The quantitative estimate of drug-likeness (QED) is 0.334. The molecule has 20 heavy (non-hydrogen) atoms. The first-order valence-corrected chi connectivity index (χ1v) is 6.08. The van der Waals surface area contributed by atoms with E-state index in [1.54, 1.807) is 0 Å². The van der Waals surface area contributed by atoms with E-state index < -0.39 is 37.3 Å². The second kappa shape index (κ2) is 4.68. The average molecular weight is 284 g/mol. The summed E-state index contributed by atoms with van der Waals surface area (Å²) in [6, 6.07) is 0. The lowest BCUT2D eigenvalue weighted by atomic mass is 10.1. The van der Waals surface area contributed by atoms with Crippen LogP contribution in [0.2, 0.25) is 0 Å². The molecular weight excluding hydrogens is 268 g/mol. The van der Waals surface area contributed by atoms with Crippen LogP contribution in [-0.4, -0.2) is 55.7 Å². The highest BCUT2D eigenvalue weighted by Crippen LogP contribution is 2.35. The van der Waals surface area contributed by atoms with E-state index in [1.165, 1.54) is 10.9 Å². The van der Waals surface area contributed by atoms with Gasteiger partial charge in [-0.2, -0.15) is 4.99 Å². The smallest absolute Gasteiger partial charge is 0.196 e. The zero-order valence-corrected chi connectivity index (χ0v) is 10.4. The Labute approximate surface area is 113 Å². The molecule has 1 aromatic rings. The molecule has 0 amide bonds. The van der Waals surface area contributed by atoms with Crippen molar-refractivity contribution in [3.63, 3.8) is 0 Å². The van der Waals surface area contributed by atoms with Crippen molar-refractivity contribution in [1.82, 2.24) is 14.9 Å². The Hall–Kier alpha value is -1.72. The molecule has 0 bridgehead atoms. The number of hydrogen-bond donors (Lipinski definition) is 6. The fourth-order valence-corrected chi connectivity index (χ4v) is 2.37. The van der Waals surface area contributed by atoms with E-state index in [-0.39, 0.29) is 5.96 Å². The molecule has 3 rings (SSSR count). The summed E-state index contributed by atoms with van der Waals surface area (Å²) in [6.07, 6.45) is -3.41. The third kappa shape index (κ3) is 1.85. The van der Waals surface area contributed by atoms with Gasteiger partial charge in [-0.1, -0.05) is 0 Å². The van der Waals surface area contributed by atoms with Crippen molar-refractivity contribution in [3.05, 3.63) is 12.0 Å². The summed E-state index contributed by atoms with van der Waals surface area (Å²) < 4.78 is 6.85. The summed E-state index contributed by atoms with van der Waals surface area (Å²) in [7, 11) is 0. The summed E-state index contributed by atoms with van der Waals surface area (Å²) in [6.45, 7) is -0.405. The summed E-state index contributed by atoms with van der Waals surface area (Å²) >= 11 is 0. The van der Waals surface area contributed by atoms with Crippen LogP contribution in [0.25, 0.3) is 0 Å². The van der Waals surface area contributed by atoms with Crippen LogP contribution in [0.1, 0.15) is 18.1 Å². The van der Waals surface area contributed by atoms with Gasteiger partial charge in [0.2, 0.25) is 0 Å². The summed E-state index contributed by atoms with van der Waals surface area (Å²) in [4.78, 5) is 8.18. The van der Waals surface area contributed by atoms with Gasteiger partial charge < -0.3 is 36.8 Å². The Morgan fingerprint density at radius 3 is 2.80 bits per heavy atom. The number of hydrogen-bond acceptors (Lipinski definition) is 9. The number of rotatable bonds is 2. The van der Waals surface area contributed by atoms with E-state index in [2.05, 4.69) is 15.3 Å². The summed E-state index contributed by atoms with van der Waals surface area (Å²) in [5.41, 5.74) is 11.9. The van der Waals surface area contributed by atoms with Gasteiger partial charge in [-0.3, -0.25) is 4.57 Å². The maximum absolute atomic E-state index is 10.0. The second-order valence-corrected chi connectivity index (χ2v) is 4.71. The largest absolute Gasteiger partial charge is 0.394 e. The van der Waals surface area contributed by atoms with Crippen molar-refractivity contribution < 1.29 is 20.1 Å². The predicted octanol–water partition coefficient (Wildman–Crippen LogP) is -3.00. The molecule has 8 N–H and O–H groups in total. The van der Waals surface area contributed by atoms with E-state index in [1.807, 2.05) is 0 Å². The Morgan fingerprint density at radius 2 is 2.15 bits per heavy atom. The molecule has 2 aliphatic rings. The molecule has 3 heterocycles. The second-order valence-electron chi connectivity index (χ2n) is 4.71. The van der Waals surface area contributed by atoms with Crippen molar-refractivity contribution in [2.24, 2.45) is 16.5 Å². The van der Waals surface area contributed by atoms with Crippen LogP contribution in [0.3, 0.4) is 0 Å². The summed E-state index contributed by atoms with van der Waals surface area (Å²) in [5.74, 6) is 0.474. The lowest BCUT2D eigenvalue weighted by molar-refractivity contribution is -0.0520. The van der Waals surface area contributed by atoms with E-state index >= 15 is 0 Å². The maximum Gasteiger partial charge on any atom is 0.196 e. The standard InChI is InChI=1S/C10H16N6O4/c11-7-4-8(15-10(12)14-7)16(2-13-4)9-6(19)5(18)3(1-17)20-9/h2-3,5-7,9,17-19H,1,11H2,(H3,12,14,15)/t3-,5+,6+,7?,9-/m1/s1. The Balaban J connectivity index is 1.97. The maximum atomic E-state index is 10.0. The van der Waals surface area contributed by atoms with Gasteiger partial charge in [0, 0.05) is 0 Å². The fourth-order valence-electron chi connectivity index (χ4n) is 2.37. The molecule has 1 aromatic heterocycles. The Bertz CT molecular complexity index is 546. The van der Waals surface area contributed by atoms with Gasteiger partial charge in [0.05, 0.1) is 12.9 Å². The highest BCUT2D eigenvalue weighted by molar-refractivity contribution is 5.83. The number of aliphatic imine (C=N–C) groups is 1. The molecule has 1 saturated heterocycles. The molecule has 0 spiro atoms. The summed E-state index contributed by atoms with van der Waals surface area (Å²) in [5, 5.41) is 31.6. The van der Waals surface area contributed by atoms with Crippen LogP contribution in [0.5, 0.6) is 0 Å². The van der Waals surface area contributed by atoms with Gasteiger partial charge in [0.1, 0.15) is 30.2 Å². The molecule has 1 fully saturated rings. The topological polar surface area (TPSA) is 164 Å². The first-order chi connectivity index (χ1) is 9.52. The van der Waals surface area contributed by atoms with Crippen LogP contribution in [0.15, 0.2) is 11.3 Å². The van der Waals surface area contributed by atoms with Crippen molar-refractivity contribution in [3.8, 4) is 0 Å². The number of aliphatic hydroxyl groups excluding tert-OH is 3. The van der Waals surface area contributed by atoms with Crippen LogP contribution in [0.4, 0.5) is 5.82 Å². The van der Waals surface area contributed by atoms with E-state index in [0.29, 0.717) is 11.5 Å². The number of fused-ring (bicyclic) bond motifs is 1. The zero-order valence-electron chi connectivity index (χ0n) is 10.4. The minimum absolute atomic E-state index is 0.124. The number of nitrogens with one attached hydrogen (secondary N) is 1. The molecule has 0 saturated carbocycles.